The Hall–Kier alpha value is -1.77. The number of nitrogens with zero attached hydrogens (tertiary/aromatic N) is 1. The first-order valence-electron chi connectivity index (χ1n) is 6.48. The van der Waals surface area contributed by atoms with Gasteiger partial charge in [0.2, 0.25) is 0 Å². The van der Waals surface area contributed by atoms with Crippen molar-refractivity contribution in [3.05, 3.63) is 59.3 Å². The van der Waals surface area contributed by atoms with E-state index < -0.39 is 5.23 Å². The normalized spacial score (nSPS) is 12.5. The Morgan fingerprint density at radius 2 is 1.95 bits per heavy atom. The van der Waals surface area contributed by atoms with Crippen LogP contribution in [0.5, 0.6) is 0 Å². The molecule has 0 spiro atoms. The van der Waals surface area contributed by atoms with Gasteiger partial charge in [-0.3, -0.25) is 4.79 Å². The summed E-state index contributed by atoms with van der Waals surface area (Å²) in [5.74, 6) is 0.243. The molecule has 0 aliphatic rings. The minimum atomic E-state index is -0.997. The maximum absolute atomic E-state index is 12.1. The van der Waals surface area contributed by atoms with E-state index in [4.69, 9.17) is 5.21 Å². The van der Waals surface area contributed by atoms with Crippen LogP contribution in [0.2, 0.25) is 0 Å². The van der Waals surface area contributed by atoms with Gasteiger partial charge in [0, 0.05) is 17.7 Å². The highest BCUT2D eigenvalue weighted by Crippen LogP contribution is 2.29. The van der Waals surface area contributed by atoms with Gasteiger partial charge in [0.25, 0.3) is 0 Å². The van der Waals surface area contributed by atoms with E-state index in [2.05, 4.69) is 4.98 Å². The zero-order chi connectivity index (χ0) is 15.5. The third kappa shape index (κ3) is 3.34. The molecule has 3 aromatic rings. The first-order valence-corrected chi connectivity index (χ1v) is 8.28. The Labute approximate surface area is 134 Å². The summed E-state index contributed by atoms with van der Waals surface area (Å²) in [5, 5.41) is 18.6. The van der Waals surface area contributed by atoms with Crippen molar-refractivity contribution in [3.63, 3.8) is 0 Å². The number of aromatic nitrogens is 1. The number of para-hydroxylation sites is 1. The van der Waals surface area contributed by atoms with Gasteiger partial charge in [-0.25, -0.2) is 10.2 Å². The third-order valence-electron chi connectivity index (χ3n) is 3.05. The second kappa shape index (κ2) is 6.55. The molecule has 3 rings (SSSR count). The van der Waals surface area contributed by atoms with Crippen LogP contribution in [0, 0.1) is 5.21 Å². The SMILES string of the molecule is O=C(CSc1nc2ccccc2s1)c1ccc([NH+]([O-])O)cc1. The number of carbonyl (C=O) groups is 1. The van der Waals surface area contributed by atoms with Crippen molar-refractivity contribution in [3.8, 4) is 0 Å². The van der Waals surface area contributed by atoms with Gasteiger partial charge in [-0.2, -0.15) is 5.23 Å². The average molecular weight is 332 g/mol. The Balaban J connectivity index is 1.66. The van der Waals surface area contributed by atoms with Crippen molar-refractivity contribution >= 4 is 44.8 Å². The van der Waals surface area contributed by atoms with Crippen molar-refractivity contribution in [2.24, 2.45) is 0 Å². The summed E-state index contributed by atoms with van der Waals surface area (Å²) in [4.78, 5) is 16.6. The van der Waals surface area contributed by atoms with Crippen LogP contribution in [-0.4, -0.2) is 21.7 Å². The van der Waals surface area contributed by atoms with E-state index in [1.165, 1.54) is 23.9 Å². The van der Waals surface area contributed by atoms with Crippen LogP contribution < -0.4 is 5.23 Å². The zero-order valence-corrected chi connectivity index (χ0v) is 13.0. The van der Waals surface area contributed by atoms with Crippen LogP contribution in [0.25, 0.3) is 10.2 Å². The number of rotatable bonds is 5. The Morgan fingerprint density at radius 1 is 1.23 bits per heavy atom. The summed E-state index contributed by atoms with van der Waals surface area (Å²) in [6.45, 7) is 0. The van der Waals surface area contributed by atoms with Crippen LogP contribution in [-0.2, 0) is 0 Å². The molecule has 0 aliphatic heterocycles. The molecule has 1 unspecified atom stereocenters. The second-order valence-corrected chi connectivity index (χ2v) is 6.79. The summed E-state index contributed by atoms with van der Waals surface area (Å²) < 4.78 is 1.96. The van der Waals surface area contributed by atoms with E-state index >= 15 is 0 Å². The number of quaternary nitrogens is 1. The van der Waals surface area contributed by atoms with Gasteiger partial charge in [-0.15, -0.1) is 11.3 Å². The molecule has 5 nitrogen and oxygen atoms in total. The fourth-order valence-electron chi connectivity index (χ4n) is 1.92. The fourth-order valence-corrected chi connectivity index (χ4v) is 3.89. The van der Waals surface area contributed by atoms with Gasteiger partial charge >= 0.3 is 0 Å². The summed E-state index contributed by atoms with van der Waals surface area (Å²) in [7, 11) is 0. The minimum absolute atomic E-state index is 0.0406. The number of thiazole rings is 1. The van der Waals surface area contributed by atoms with Crippen molar-refractivity contribution < 1.29 is 15.2 Å². The van der Waals surface area contributed by atoms with Gasteiger partial charge in [0.05, 0.1) is 16.0 Å². The monoisotopic (exact) mass is 332 g/mol. The van der Waals surface area contributed by atoms with E-state index in [9.17, 15) is 10.0 Å². The van der Waals surface area contributed by atoms with Crippen molar-refractivity contribution in [1.29, 1.82) is 0 Å². The van der Waals surface area contributed by atoms with Gasteiger partial charge in [-0.1, -0.05) is 23.9 Å². The third-order valence-corrected chi connectivity index (χ3v) is 5.23. The maximum Gasteiger partial charge on any atom is 0.173 e. The fraction of sp³-hybridized carbons (Fsp3) is 0.0667. The molecule has 0 saturated heterocycles. The Kier molecular flexibility index (Phi) is 4.51. The molecule has 1 atom stereocenters. The van der Waals surface area contributed by atoms with Crippen LogP contribution in [0.15, 0.2) is 52.9 Å². The molecule has 112 valence electrons. The molecule has 7 heteroatoms. The van der Waals surface area contributed by atoms with Gasteiger partial charge in [0.15, 0.2) is 15.8 Å². The molecular weight excluding hydrogens is 320 g/mol. The summed E-state index contributed by atoms with van der Waals surface area (Å²) in [6, 6.07) is 13.8. The van der Waals surface area contributed by atoms with Crippen molar-refractivity contribution in [2.45, 2.75) is 4.34 Å². The standard InChI is InChI=1S/C15H12N2O3S2/c18-13(10-5-7-11(8-6-10)17(19)20)9-21-15-16-12-3-1-2-4-14(12)22-15/h1-8,17,19H,9H2. The summed E-state index contributed by atoms with van der Waals surface area (Å²) >= 11 is 2.96. The largest absolute Gasteiger partial charge is 0.595 e. The van der Waals surface area contributed by atoms with Crippen LogP contribution in [0.1, 0.15) is 10.4 Å². The van der Waals surface area contributed by atoms with Crippen LogP contribution in [0.3, 0.4) is 0 Å². The molecule has 0 saturated carbocycles. The molecule has 2 aromatic carbocycles. The van der Waals surface area contributed by atoms with Crippen molar-refractivity contribution in [1.82, 2.24) is 4.98 Å². The first kappa shape index (κ1) is 15.1. The Morgan fingerprint density at radius 3 is 2.64 bits per heavy atom. The van der Waals surface area contributed by atoms with Gasteiger partial charge < -0.3 is 5.21 Å². The molecule has 0 fully saturated rings. The molecule has 0 amide bonds. The average Bonchev–Trinajstić information content (AvgIpc) is 2.95. The molecule has 0 radical (unpaired) electrons. The highest BCUT2D eigenvalue weighted by atomic mass is 32.2. The molecule has 0 bridgehead atoms. The zero-order valence-electron chi connectivity index (χ0n) is 11.4. The predicted molar refractivity (Wildman–Crippen MR) is 86.9 cm³/mol. The summed E-state index contributed by atoms with van der Waals surface area (Å²) in [5.41, 5.74) is 1.63. The lowest BCUT2D eigenvalue weighted by atomic mass is 10.1. The number of hydrogen-bond acceptors (Lipinski definition) is 6. The van der Waals surface area contributed by atoms with Gasteiger partial charge in [-0.05, 0) is 24.3 Å². The molecule has 1 aromatic heterocycles. The predicted octanol–water partition coefficient (Wildman–Crippen LogP) is 2.67. The number of fused-ring (bicyclic) bond motifs is 1. The Bertz CT molecular complexity index is 767. The summed E-state index contributed by atoms with van der Waals surface area (Å²) in [6.07, 6.45) is 0. The molecule has 0 aliphatic carbocycles. The lowest BCUT2D eigenvalue weighted by Gasteiger charge is -2.11. The molecule has 22 heavy (non-hydrogen) atoms. The molecular formula is C15H12N2O3S2. The highest BCUT2D eigenvalue weighted by molar-refractivity contribution is 8.01. The van der Waals surface area contributed by atoms with E-state index in [0.717, 1.165) is 14.6 Å². The van der Waals surface area contributed by atoms with Gasteiger partial charge in [0.1, 0.15) is 0 Å². The first-order chi connectivity index (χ1) is 10.6. The molecule has 2 N–H and O–H groups in total. The van der Waals surface area contributed by atoms with Crippen LogP contribution >= 0.6 is 23.1 Å². The topological polar surface area (TPSA) is 77.7 Å². The highest BCUT2D eigenvalue weighted by Gasteiger charge is 2.10. The number of carbonyl (C=O) groups excluding carboxylic acids is 1. The van der Waals surface area contributed by atoms with Crippen LogP contribution in [0.4, 0.5) is 5.69 Å². The number of ketones is 1. The van der Waals surface area contributed by atoms with E-state index in [0.29, 0.717) is 5.56 Å². The maximum atomic E-state index is 12.1. The number of nitrogens with one attached hydrogen (secondary N) is 1. The molecule has 1 heterocycles. The quantitative estimate of drug-likeness (QED) is 0.427. The lowest BCUT2D eigenvalue weighted by molar-refractivity contribution is -0.991. The number of hydrogen-bond donors (Lipinski definition) is 2. The van der Waals surface area contributed by atoms with E-state index in [1.54, 1.807) is 23.5 Å². The second-order valence-electron chi connectivity index (χ2n) is 4.54. The number of benzene rings is 2. The smallest absolute Gasteiger partial charge is 0.173 e. The number of thioether (sulfide) groups is 1. The minimum Gasteiger partial charge on any atom is -0.595 e. The number of Topliss-reactive ketones (excluding diaryl/α,β-unsaturated/α-hetero) is 1. The van der Waals surface area contributed by atoms with E-state index in [1.807, 2.05) is 24.3 Å². The van der Waals surface area contributed by atoms with E-state index in [-0.39, 0.29) is 17.2 Å². The van der Waals surface area contributed by atoms with Crippen molar-refractivity contribution in [2.75, 3.05) is 5.75 Å². The lowest BCUT2D eigenvalue weighted by Crippen LogP contribution is -2.99.